The first-order valence-corrected chi connectivity index (χ1v) is 6.74. The van der Waals surface area contributed by atoms with Crippen molar-refractivity contribution in [1.29, 1.82) is 0 Å². The molecule has 0 spiro atoms. The molecule has 2 aromatic carbocycles. The second-order valence-corrected chi connectivity index (χ2v) is 5.32. The molecule has 2 nitrogen and oxygen atoms in total. The van der Waals surface area contributed by atoms with Gasteiger partial charge in [-0.15, -0.1) is 0 Å². The standard InChI is InChI=1S/C16H19ClN2/c1-12(14-5-7-15(17)8-6-14)19(2)11-13-3-9-16(18)10-4-13/h3-10,12H,11,18H2,1-2H3. The molecule has 0 radical (unpaired) electrons. The Morgan fingerprint density at radius 1 is 1.05 bits per heavy atom. The van der Waals surface area contributed by atoms with E-state index in [0.717, 1.165) is 17.3 Å². The normalized spacial score (nSPS) is 12.6. The van der Waals surface area contributed by atoms with Crippen molar-refractivity contribution in [2.24, 2.45) is 0 Å². The molecule has 2 aromatic rings. The molecule has 2 N–H and O–H groups in total. The van der Waals surface area contributed by atoms with Crippen LogP contribution in [0.25, 0.3) is 0 Å². The molecule has 0 saturated carbocycles. The molecule has 19 heavy (non-hydrogen) atoms. The second-order valence-electron chi connectivity index (χ2n) is 4.88. The zero-order chi connectivity index (χ0) is 13.8. The van der Waals surface area contributed by atoms with E-state index in [2.05, 4.69) is 43.1 Å². The van der Waals surface area contributed by atoms with Gasteiger partial charge in [-0.1, -0.05) is 35.9 Å². The Morgan fingerprint density at radius 3 is 2.21 bits per heavy atom. The molecular weight excluding hydrogens is 256 g/mol. The fraction of sp³-hybridized carbons (Fsp3) is 0.250. The van der Waals surface area contributed by atoms with Gasteiger partial charge in [0.15, 0.2) is 0 Å². The average Bonchev–Trinajstić information content (AvgIpc) is 2.41. The number of hydrogen-bond donors (Lipinski definition) is 1. The lowest BCUT2D eigenvalue weighted by Gasteiger charge is -2.25. The minimum Gasteiger partial charge on any atom is -0.399 e. The van der Waals surface area contributed by atoms with Gasteiger partial charge in [0, 0.05) is 23.3 Å². The summed E-state index contributed by atoms with van der Waals surface area (Å²) in [7, 11) is 2.12. The minimum atomic E-state index is 0.342. The van der Waals surface area contributed by atoms with Crippen molar-refractivity contribution < 1.29 is 0 Å². The van der Waals surface area contributed by atoms with Crippen LogP contribution in [0.3, 0.4) is 0 Å². The van der Waals surface area contributed by atoms with E-state index in [9.17, 15) is 0 Å². The molecule has 0 aromatic heterocycles. The van der Waals surface area contributed by atoms with Gasteiger partial charge in [0.05, 0.1) is 0 Å². The lowest BCUT2D eigenvalue weighted by atomic mass is 10.1. The summed E-state index contributed by atoms with van der Waals surface area (Å²) in [5, 5.41) is 0.775. The summed E-state index contributed by atoms with van der Waals surface area (Å²) in [5.74, 6) is 0. The third kappa shape index (κ3) is 3.72. The van der Waals surface area contributed by atoms with E-state index in [1.54, 1.807) is 0 Å². The van der Waals surface area contributed by atoms with Crippen LogP contribution >= 0.6 is 11.6 Å². The van der Waals surface area contributed by atoms with Crippen molar-refractivity contribution >= 4 is 17.3 Å². The fourth-order valence-electron chi connectivity index (χ4n) is 2.04. The van der Waals surface area contributed by atoms with Crippen LogP contribution in [0.15, 0.2) is 48.5 Å². The Labute approximate surface area is 119 Å². The van der Waals surface area contributed by atoms with Gasteiger partial charge in [-0.2, -0.15) is 0 Å². The number of rotatable bonds is 4. The maximum atomic E-state index is 5.92. The van der Waals surface area contributed by atoms with E-state index in [1.165, 1.54) is 11.1 Å². The Bertz CT molecular complexity index is 519. The van der Waals surface area contributed by atoms with E-state index >= 15 is 0 Å². The summed E-state index contributed by atoms with van der Waals surface area (Å²) >= 11 is 5.92. The summed E-state index contributed by atoms with van der Waals surface area (Å²) in [6.07, 6.45) is 0. The van der Waals surface area contributed by atoms with Crippen LogP contribution in [0, 0.1) is 0 Å². The van der Waals surface area contributed by atoms with Gasteiger partial charge in [0.1, 0.15) is 0 Å². The van der Waals surface area contributed by atoms with Crippen molar-refractivity contribution in [3.05, 3.63) is 64.7 Å². The minimum absolute atomic E-state index is 0.342. The van der Waals surface area contributed by atoms with Crippen LogP contribution in [-0.2, 0) is 6.54 Å². The third-order valence-electron chi connectivity index (χ3n) is 3.43. The molecule has 2 rings (SSSR count). The predicted molar refractivity (Wildman–Crippen MR) is 82.2 cm³/mol. The van der Waals surface area contributed by atoms with Crippen molar-refractivity contribution in [3.8, 4) is 0 Å². The molecule has 0 fully saturated rings. The van der Waals surface area contributed by atoms with E-state index < -0.39 is 0 Å². The zero-order valence-electron chi connectivity index (χ0n) is 11.3. The topological polar surface area (TPSA) is 29.3 Å². The highest BCUT2D eigenvalue weighted by molar-refractivity contribution is 6.30. The van der Waals surface area contributed by atoms with Crippen LogP contribution in [0.1, 0.15) is 24.1 Å². The molecule has 0 saturated heterocycles. The van der Waals surface area contributed by atoms with Gasteiger partial charge in [0.25, 0.3) is 0 Å². The maximum absolute atomic E-state index is 5.92. The lowest BCUT2D eigenvalue weighted by molar-refractivity contribution is 0.253. The van der Waals surface area contributed by atoms with Crippen LogP contribution in [0.5, 0.6) is 0 Å². The van der Waals surface area contributed by atoms with Crippen molar-refractivity contribution in [1.82, 2.24) is 4.90 Å². The van der Waals surface area contributed by atoms with Crippen LogP contribution < -0.4 is 5.73 Å². The molecule has 100 valence electrons. The quantitative estimate of drug-likeness (QED) is 0.850. The zero-order valence-corrected chi connectivity index (χ0v) is 12.1. The van der Waals surface area contributed by atoms with Crippen molar-refractivity contribution in [2.75, 3.05) is 12.8 Å². The molecule has 0 heterocycles. The van der Waals surface area contributed by atoms with Gasteiger partial charge < -0.3 is 5.73 Å². The predicted octanol–water partition coefficient (Wildman–Crippen LogP) is 4.12. The Kier molecular flexibility index (Phi) is 4.46. The van der Waals surface area contributed by atoms with Gasteiger partial charge in [-0.3, -0.25) is 4.90 Å². The van der Waals surface area contributed by atoms with E-state index in [-0.39, 0.29) is 0 Å². The number of anilines is 1. The van der Waals surface area contributed by atoms with Crippen molar-refractivity contribution in [3.63, 3.8) is 0 Å². The van der Waals surface area contributed by atoms with Crippen LogP contribution in [0.2, 0.25) is 5.02 Å². The lowest BCUT2D eigenvalue weighted by Crippen LogP contribution is -2.21. The summed E-state index contributed by atoms with van der Waals surface area (Å²) in [5.41, 5.74) is 9.03. The maximum Gasteiger partial charge on any atom is 0.0406 e. The van der Waals surface area contributed by atoms with Gasteiger partial charge >= 0.3 is 0 Å². The molecule has 0 aliphatic rings. The number of halogens is 1. The summed E-state index contributed by atoms with van der Waals surface area (Å²) < 4.78 is 0. The molecule has 1 unspecified atom stereocenters. The first kappa shape index (κ1) is 13.9. The number of nitrogens with two attached hydrogens (primary N) is 1. The van der Waals surface area contributed by atoms with Crippen LogP contribution in [0.4, 0.5) is 5.69 Å². The summed E-state index contributed by atoms with van der Waals surface area (Å²) in [6, 6.07) is 16.4. The Balaban J connectivity index is 2.04. The largest absolute Gasteiger partial charge is 0.399 e. The number of hydrogen-bond acceptors (Lipinski definition) is 2. The molecule has 3 heteroatoms. The second kappa shape index (κ2) is 6.09. The van der Waals surface area contributed by atoms with Gasteiger partial charge in [0.2, 0.25) is 0 Å². The molecule has 0 aliphatic carbocycles. The number of nitrogens with zero attached hydrogens (tertiary/aromatic N) is 1. The molecule has 0 bridgehead atoms. The molecule has 1 atom stereocenters. The number of benzene rings is 2. The summed E-state index contributed by atoms with van der Waals surface area (Å²) in [4.78, 5) is 2.30. The van der Waals surface area contributed by atoms with E-state index in [1.807, 2.05) is 24.3 Å². The van der Waals surface area contributed by atoms with E-state index in [0.29, 0.717) is 6.04 Å². The highest BCUT2D eigenvalue weighted by Gasteiger charge is 2.11. The fourth-order valence-corrected chi connectivity index (χ4v) is 2.17. The highest BCUT2D eigenvalue weighted by atomic mass is 35.5. The number of nitrogen functional groups attached to an aromatic ring is 1. The summed E-state index contributed by atoms with van der Waals surface area (Å²) in [6.45, 7) is 3.09. The van der Waals surface area contributed by atoms with E-state index in [4.69, 9.17) is 17.3 Å². The monoisotopic (exact) mass is 274 g/mol. The van der Waals surface area contributed by atoms with Crippen LogP contribution in [-0.4, -0.2) is 11.9 Å². The smallest absolute Gasteiger partial charge is 0.0406 e. The third-order valence-corrected chi connectivity index (χ3v) is 3.68. The van der Waals surface area contributed by atoms with Crippen molar-refractivity contribution in [2.45, 2.75) is 19.5 Å². The first-order chi connectivity index (χ1) is 9.06. The molecule has 0 aliphatic heterocycles. The Hall–Kier alpha value is -1.51. The Morgan fingerprint density at radius 2 is 1.63 bits per heavy atom. The molecule has 0 amide bonds. The first-order valence-electron chi connectivity index (χ1n) is 6.36. The van der Waals surface area contributed by atoms with Gasteiger partial charge in [-0.25, -0.2) is 0 Å². The SMILES string of the molecule is CC(c1ccc(Cl)cc1)N(C)Cc1ccc(N)cc1. The average molecular weight is 275 g/mol. The molecular formula is C16H19ClN2. The van der Waals surface area contributed by atoms with Gasteiger partial charge in [-0.05, 0) is 49.4 Å². The highest BCUT2D eigenvalue weighted by Crippen LogP contribution is 2.22.